The van der Waals surface area contributed by atoms with Gasteiger partial charge in [-0.2, -0.15) is 0 Å². The van der Waals surface area contributed by atoms with Gasteiger partial charge in [-0.3, -0.25) is 19.4 Å². The van der Waals surface area contributed by atoms with Crippen molar-refractivity contribution in [3.8, 4) is 0 Å². The molecule has 0 radical (unpaired) electrons. The molecule has 3 heterocycles. The van der Waals surface area contributed by atoms with Gasteiger partial charge in [0.1, 0.15) is 0 Å². The highest BCUT2D eigenvalue weighted by Gasteiger charge is 2.22. The molecule has 0 aliphatic carbocycles. The van der Waals surface area contributed by atoms with Gasteiger partial charge in [0.2, 0.25) is 6.41 Å². The Morgan fingerprint density at radius 2 is 2.00 bits per heavy atom. The zero-order valence-corrected chi connectivity index (χ0v) is 14.0. The molecule has 2 aliphatic rings. The summed E-state index contributed by atoms with van der Waals surface area (Å²) >= 11 is 0. The van der Waals surface area contributed by atoms with Crippen LogP contribution in [0.5, 0.6) is 0 Å². The van der Waals surface area contributed by atoms with Gasteiger partial charge in [0.05, 0.1) is 17.2 Å². The summed E-state index contributed by atoms with van der Waals surface area (Å²) < 4.78 is 5.48. The predicted octanol–water partition coefficient (Wildman–Crippen LogP) is -0.0954. The van der Waals surface area contributed by atoms with Crippen molar-refractivity contribution in [3.05, 3.63) is 29.6 Å². The molecule has 1 atom stereocenters. The van der Waals surface area contributed by atoms with E-state index in [-0.39, 0.29) is 17.9 Å². The number of hydrogen-bond donors (Lipinski definition) is 1. The lowest BCUT2D eigenvalue weighted by Crippen LogP contribution is -2.48. The fourth-order valence-electron chi connectivity index (χ4n) is 3.01. The van der Waals surface area contributed by atoms with Crippen LogP contribution in [-0.2, 0) is 9.53 Å². The number of amides is 3. The maximum atomic E-state index is 12.6. The number of nitrogens with zero attached hydrogens (tertiary/aromatic N) is 3. The van der Waals surface area contributed by atoms with Gasteiger partial charge in [0, 0.05) is 51.7 Å². The molecule has 8 heteroatoms. The topological polar surface area (TPSA) is 91.8 Å². The fraction of sp³-hybridized carbons (Fsp3) is 0.529. The Morgan fingerprint density at radius 1 is 1.24 bits per heavy atom. The highest BCUT2D eigenvalue weighted by atomic mass is 16.5. The van der Waals surface area contributed by atoms with Crippen LogP contribution in [0.25, 0.3) is 0 Å². The maximum Gasteiger partial charge on any atom is 0.255 e. The molecule has 0 spiro atoms. The molecular formula is C17H22N4O4. The van der Waals surface area contributed by atoms with Crippen molar-refractivity contribution in [2.45, 2.75) is 18.9 Å². The molecule has 134 valence electrons. The molecule has 1 aromatic rings. The number of carbonyl (C=O) groups is 3. The highest BCUT2D eigenvalue weighted by Crippen LogP contribution is 2.12. The van der Waals surface area contributed by atoms with Gasteiger partial charge in [-0.15, -0.1) is 0 Å². The summed E-state index contributed by atoms with van der Waals surface area (Å²) in [7, 11) is 0. The van der Waals surface area contributed by atoms with Gasteiger partial charge < -0.3 is 19.9 Å². The highest BCUT2D eigenvalue weighted by molar-refractivity contribution is 5.99. The standard InChI is InChI=1S/C17H22N4O4/c22-12-20-3-5-21(6-4-20)17(24)14-8-13(9-18-10-14)16(23)19-11-15-2-1-7-25-15/h8-10,12,15H,1-7,11H2,(H,19,23). The van der Waals surface area contributed by atoms with Crippen LogP contribution in [0.2, 0.25) is 0 Å². The third-order valence-corrected chi connectivity index (χ3v) is 4.51. The van der Waals surface area contributed by atoms with Gasteiger partial charge in [-0.05, 0) is 18.9 Å². The first kappa shape index (κ1) is 17.3. The molecule has 2 fully saturated rings. The Balaban J connectivity index is 1.59. The Morgan fingerprint density at radius 3 is 2.68 bits per heavy atom. The smallest absolute Gasteiger partial charge is 0.255 e. The minimum absolute atomic E-state index is 0.0656. The Labute approximate surface area is 146 Å². The molecule has 3 rings (SSSR count). The fourth-order valence-corrected chi connectivity index (χ4v) is 3.01. The Kier molecular flexibility index (Phi) is 5.60. The van der Waals surface area contributed by atoms with E-state index in [1.807, 2.05) is 0 Å². The average molecular weight is 346 g/mol. The van der Waals surface area contributed by atoms with Crippen molar-refractivity contribution in [3.63, 3.8) is 0 Å². The molecule has 1 aromatic heterocycles. The van der Waals surface area contributed by atoms with E-state index in [0.717, 1.165) is 25.9 Å². The zero-order chi connectivity index (χ0) is 17.6. The second kappa shape index (κ2) is 8.06. The lowest BCUT2D eigenvalue weighted by molar-refractivity contribution is -0.119. The second-order valence-corrected chi connectivity index (χ2v) is 6.24. The predicted molar refractivity (Wildman–Crippen MR) is 89.1 cm³/mol. The number of ether oxygens (including phenoxy) is 1. The van der Waals surface area contributed by atoms with Crippen molar-refractivity contribution in [2.75, 3.05) is 39.3 Å². The first-order chi connectivity index (χ1) is 12.2. The summed E-state index contributed by atoms with van der Waals surface area (Å²) in [4.78, 5) is 42.9. The number of pyridine rings is 1. The minimum atomic E-state index is -0.261. The monoisotopic (exact) mass is 346 g/mol. The lowest BCUT2D eigenvalue weighted by atomic mass is 10.1. The van der Waals surface area contributed by atoms with Gasteiger partial charge in [0.25, 0.3) is 11.8 Å². The molecular weight excluding hydrogens is 324 g/mol. The zero-order valence-electron chi connectivity index (χ0n) is 14.0. The number of piperazine rings is 1. The summed E-state index contributed by atoms with van der Waals surface area (Å²) in [5, 5.41) is 2.83. The van der Waals surface area contributed by atoms with Crippen LogP contribution in [-0.4, -0.2) is 78.4 Å². The van der Waals surface area contributed by atoms with Crippen LogP contribution in [0, 0.1) is 0 Å². The molecule has 25 heavy (non-hydrogen) atoms. The second-order valence-electron chi connectivity index (χ2n) is 6.24. The van der Waals surface area contributed by atoms with Crippen LogP contribution < -0.4 is 5.32 Å². The summed E-state index contributed by atoms with van der Waals surface area (Å²) in [5.74, 6) is -0.435. The van der Waals surface area contributed by atoms with E-state index in [0.29, 0.717) is 43.9 Å². The molecule has 0 aromatic carbocycles. The van der Waals surface area contributed by atoms with Crippen molar-refractivity contribution in [1.29, 1.82) is 0 Å². The van der Waals surface area contributed by atoms with Crippen molar-refractivity contribution < 1.29 is 19.1 Å². The van der Waals surface area contributed by atoms with Crippen molar-refractivity contribution in [2.24, 2.45) is 0 Å². The third-order valence-electron chi connectivity index (χ3n) is 4.51. The Bertz CT molecular complexity index is 637. The molecule has 1 N–H and O–H groups in total. The van der Waals surface area contributed by atoms with E-state index in [1.165, 1.54) is 12.4 Å². The van der Waals surface area contributed by atoms with Crippen LogP contribution in [0.15, 0.2) is 18.5 Å². The lowest BCUT2D eigenvalue weighted by Gasteiger charge is -2.32. The molecule has 3 amide bonds. The number of carbonyl (C=O) groups excluding carboxylic acids is 3. The maximum absolute atomic E-state index is 12.6. The normalized spacial score (nSPS) is 20.4. The van der Waals surface area contributed by atoms with Gasteiger partial charge in [0.15, 0.2) is 0 Å². The van der Waals surface area contributed by atoms with Crippen molar-refractivity contribution >= 4 is 18.2 Å². The number of aromatic nitrogens is 1. The van der Waals surface area contributed by atoms with E-state index < -0.39 is 0 Å². The summed E-state index contributed by atoms with van der Waals surface area (Å²) in [6, 6.07) is 1.56. The number of rotatable bonds is 5. The SMILES string of the molecule is O=CN1CCN(C(=O)c2cncc(C(=O)NCC3CCCO3)c2)CC1. The molecule has 0 bridgehead atoms. The van der Waals surface area contributed by atoms with Crippen LogP contribution in [0.4, 0.5) is 0 Å². The van der Waals surface area contributed by atoms with E-state index in [9.17, 15) is 14.4 Å². The van der Waals surface area contributed by atoms with E-state index in [4.69, 9.17) is 4.74 Å². The molecule has 0 saturated carbocycles. The first-order valence-electron chi connectivity index (χ1n) is 8.51. The van der Waals surface area contributed by atoms with E-state index in [2.05, 4.69) is 10.3 Å². The van der Waals surface area contributed by atoms with Crippen LogP contribution in [0.1, 0.15) is 33.6 Å². The van der Waals surface area contributed by atoms with Crippen molar-refractivity contribution in [1.82, 2.24) is 20.1 Å². The minimum Gasteiger partial charge on any atom is -0.376 e. The quantitative estimate of drug-likeness (QED) is 0.752. The molecule has 8 nitrogen and oxygen atoms in total. The number of nitrogens with one attached hydrogen (secondary N) is 1. The summed E-state index contributed by atoms with van der Waals surface area (Å²) in [6.45, 7) is 3.20. The Hall–Kier alpha value is -2.48. The largest absolute Gasteiger partial charge is 0.376 e. The average Bonchev–Trinajstić information content (AvgIpc) is 3.19. The summed E-state index contributed by atoms with van der Waals surface area (Å²) in [6.07, 6.45) is 5.74. The first-order valence-corrected chi connectivity index (χ1v) is 8.51. The summed E-state index contributed by atoms with van der Waals surface area (Å²) in [5.41, 5.74) is 0.736. The van der Waals surface area contributed by atoms with Gasteiger partial charge in [-0.25, -0.2) is 0 Å². The molecule has 1 unspecified atom stereocenters. The third kappa shape index (κ3) is 4.33. The van der Waals surface area contributed by atoms with E-state index >= 15 is 0 Å². The van der Waals surface area contributed by atoms with Gasteiger partial charge >= 0.3 is 0 Å². The van der Waals surface area contributed by atoms with Crippen LogP contribution in [0.3, 0.4) is 0 Å². The van der Waals surface area contributed by atoms with E-state index in [1.54, 1.807) is 15.9 Å². The van der Waals surface area contributed by atoms with Gasteiger partial charge in [-0.1, -0.05) is 0 Å². The van der Waals surface area contributed by atoms with Crippen LogP contribution >= 0.6 is 0 Å². The molecule has 2 saturated heterocycles. The number of hydrogen-bond acceptors (Lipinski definition) is 5. The molecule has 2 aliphatic heterocycles.